The first-order valence-electron chi connectivity index (χ1n) is 5.20. The molecule has 1 aliphatic heterocycles. The maximum atomic E-state index is 12.1. The molecule has 3 rings (SSSR count). The summed E-state index contributed by atoms with van der Waals surface area (Å²) >= 11 is 0. The summed E-state index contributed by atoms with van der Waals surface area (Å²) in [5, 5.41) is 0.990. The van der Waals surface area contributed by atoms with Crippen LogP contribution in [-0.4, -0.2) is 11.2 Å². The molecular formula is C13H11NO2. The zero-order valence-corrected chi connectivity index (χ0v) is 8.93. The predicted molar refractivity (Wildman–Crippen MR) is 63.7 cm³/mol. The number of aryl methyl sites for hydroxylation is 1. The number of pyridine rings is 1. The van der Waals surface area contributed by atoms with E-state index in [0.29, 0.717) is 17.9 Å². The van der Waals surface area contributed by atoms with Crippen LogP contribution in [0.15, 0.2) is 35.1 Å². The fourth-order valence-corrected chi connectivity index (χ4v) is 2.09. The Morgan fingerprint density at radius 2 is 2.12 bits per heavy atom. The highest BCUT2D eigenvalue weighted by Crippen LogP contribution is 2.29. The van der Waals surface area contributed by atoms with Crippen LogP contribution in [0.25, 0.3) is 17.0 Å². The molecule has 2 heterocycles. The van der Waals surface area contributed by atoms with E-state index in [4.69, 9.17) is 4.74 Å². The normalized spacial score (nSPS) is 13.6. The lowest BCUT2D eigenvalue weighted by Crippen LogP contribution is -2.22. The van der Waals surface area contributed by atoms with Crippen LogP contribution in [0.4, 0.5) is 0 Å². The van der Waals surface area contributed by atoms with Gasteiger partial charge in [0.1, 0.15) is 12.4 Å². The van der Waals surface area contributed by atoms with Crippen LogP contribution >= 0.6 is 0 Å². The van der Waals surface area contributed by atoms with Crippen LogP contribution in [0.5, 0.6) is 5.75 Å². The molecule has 0 unspecified atom stereocenters. The molecule has 0 bridgehead atoms. The van der Waals surface area contributed by atoms with Crippen molar-refractivity contribution in [1.29, 1.82) is 0 Å². The predicted octanol–water partition coefficient (Wildman–Crippen LogP) is 1.94. The molecule has 16 heavy (non-hydrogen) atoms. The molecule has 1 aromatic carbocycles. The Labute approximate surface area is 92.6 Å². The number of ether oxygens (including phenoxy) is 1. The van der Waals surface area contributed by atoms with Gasteiger partial charge in [0.2, 0.25) is 0 Å². The smallest absolute Gasteiger partial charge is 0.261 e. The molecule has 0 spiro atoms. The molecule has 0 atom stereocenters. The Balaban J connectivity index is 2.57. The van der Waals surface area contributed by atoms with Crippen LogP contribution in [0.3, 0.4) is 0 Å². The van der Waals surface area contributed by atoms with Crippen molar-refractivity contribution >= 4 is 17.0 Å². The van der Waals surface area contributed by atoms with Crippen LogP contribution < -0.4 is 10.3 Å². The van der Waals surface area contributed by atoms with Crippen molar-refractivity contribution in [1.82, 2.24) is 4.57 Å². The van der Waals surface area contributed by atoms with Gasteiger partial charge in [-0.15, -0.1) is 0 Å². The van der Waals surface area contributed by atoms with Gasteiger partial charge in [-0.25, -0.2) is 0 Å². The van der Waals surface area contributed by atoms with Crippen molar-refractivity contribution in [2.75, 3.05) is 6.61 Å². The summed E-state index contributed by atoms with van der Waals surface area (Å²) < 4.78 is 7.23. The summed E-state index contributed by atoms with van der Waals surface area (Å²) in [6.07, 6.45) is 3.70. The highest BCUT2D eigenvalue weighted by Gasteiger charge is 2.15. The van der Waals surface area contributed by atoms with Gasteiger partial charge in [0.15, 0.2) is 0 Å². The van der Waals surface area contributed by atoms with Crippen molar-refractivity contribution in [2.24, 2.45) is 7.05 Å². The second-order valence-corrected chi connectivity index (χ2v) is 3.84. The average molecular weight is 213 g/mol. The summed E-state index contributed by atoms with van der Waals surface area (Å²) in [5.74, 6) is 0.709. The number of para-hydroxylation sites is 1. The molecule has 0 radical (unpaired) electrons. The number of hydrogen-bond donors (Lipinski definition) is 0. The van der Waals surface area contributed by atoms with Gasteiger partial charge in [-0.05, 0) is 24.3 Å². The van der Waals surface area contributed by atoms with Crippen molar-refractivity contribution in [2.45, 2.75) is 0 Å². The van der Waals surface area contributed by atoms with E-state index in [-0.39, 0.29) is 5.56 Å². The first-order chi connectivity index (χ1) is 7.79. The van der Waals surface area contributed by atoms with Gasteiger partial charge in [0, 0.05) is 12.4 Å². The molecule has 1 aliphatic rings. The third-order valence-corrected chi connectivity index (χ3v) is 2.90. The highest BCUT2D eigenvalue weighted by molar-refractivity contribution is 5.89. The number of nitrogens with zero attached hydrogens (tertiary/aromatic N) is 1. The minimum atomic E-state index is -0.00958. The van der Waals surface area contributed by atoms with Gasteiger partial charge in [0.25, 0.3) is 5.56 Å². The Kier molecular flexibility index (Phi) is 1.86. The highest BCUT2D eigenvalue weighted by atomic mass is 16.5. The molecule has 3 nitrogen and oxygen atoms in total. The van der Waals surface area contributed by atoms with Crippen molar-refractivity contribution in [3.8, 4) is 5.75 Å². The molecule has 0 aliphatic carbocycles. The summed E-state index contributed by atoms with van der Waals surface area (Å²) in [6, 6.07) is 7.78. The van der Waals surface area contributed by atoms with Gasteiger partial charge >= 0.3 is 0 Å². The Bertz CT molecular complexity index is 653. The SMILES string of the molecule is Cn1c(=O)c2c(c3ccccc31)OCC=C2. The lowest BCUT2D eigenvalue weighted by molar-refractivity contribution is 0.361. The minimum Gasteiger partial charge on any atom is -0.488 e. The zero-order valence-electron chi connectivity index (χ0n) is 8.93. The number of hydrogen-bond acceptors (Lipinski definition) is 2. The summed E-state index contributed by atoms with van der Waals surface area (Å²) in [6.45, 7) is 0.532. The summed E-state index contributed by atoms with van der Waals surface area (Å²) in [7, 11) is 1.79. The van der Waals surface area contributed by atoms with Crippen LogP contribution in [0.2, 0.25) is 0 Å². The molecule has 80 valence electrons. The van der Waals surface area contributed by atoms with E-state index in [1.807, 2.05) is 36.4 Å². The zero-order chi connectivity index (χ0) is 11.1. The first kappa shape index (κ1) is 9.21. The molecule has 0 saturated heterocycles. The molecule has 0 fully saturated rings. The monoisotopic (exact) mass is 213 g/mol. The van der Waals surface area contributed by atoms with E-state index in [1.54, 1.807) is 11.6 Å². The molecule has 2 aromatic rings. The maximum absolute atomic E-state index is 12.1. The molecule has 0 amide bonds. The van der Waals surface area contributed by atoms with Gasteiger partial charge in [-0.1, -0.05) is 12.1 Å². The van der Waals surface area contributed by atoms with Crippen molar-refractivity contribution in [3.05, 3.63) is 46.3 Å². The van der Waals surface area contributed by atoms with Gasteiger partial charge in [0.05, 0.1) is 11.1 Å². The van der Waals surface area contributed by atoms with E-state index in [1.165, 1.54) is 0 Å². The standard InChI is InChI=1S/C13H11NO2/c1-14-11-7-3-2-5-9(11)12-10(13(14)15)6-4-8-16-12/h2-7H,8H2,1H3. The van der Waals surface area contributed by atoms with Crippen molar-refractivity contribution < 1.29 is 4.74 Å². The fourth-order valence-electron chi connectivity index (χ4n) is 2.09. The topological polar surface area (TPSA) is 31.2 Å². The summed E-state index contributed by atoms with van der Waals surface area (Å²) in [4.78, 5) is 12.1. The number of aromatic nitrogens is 1. The second kappa shape index (κ2) is 3.23. The fraction of sp³-hybridized carbons (Fsp3) is 0.154. The molecule has 0 saturated carbocycles. The maximum Gasteiger partial charge on any atom is 0.261 e. The summed E-state index contributed by atoms with van der Waals surface area (Å²) in [5.41, 5.74) is 1.54. The Hall–Kier alpha value is -2.03. The number of fused-ring (bicyclic) bond motifs is 3. The van der Waals surface area contributed by atoms with E-state index >= 15 is 0 Å². The first-order valence-corrected chi connectivity index (χ1v) is 5.20. The van der Waals surface area contributed by atoms with Gasteiger partial charge in [-0.3, -0.25) is 4.79 Å². The largest absolute Gasteiger partial charge is 0.488 e. The lowest BCUT2D eigenvalue weighted by atomic mass is 10.1. The van der Waals surface area contributed by atoms with Gasteiger partial charge in [-0.2, -0.15) is 0 Å². The average Bonchev–Trinajstić information content (AvgIpc) is 2.36. The third-order valence-electron chi connectivity index (χ3n) is 2.90. The van der Waals surface area contributed by atoms with E-state index in [9.17, 15) is 4.79 Å². The van der Waals surface area contributed by atoms with Crippen LogP contribution in [0.1, 0.15) is 5.56 Å². The third kappa shape index (κ3) is 1.11. The van der Waals surface area contributed by atoms with Crippen molar-refractivity contribution in [3.63, 3.8) is 0 Å². The molecule has 0 N–H and O–H groups in total. The van der Waals surface area contributed by atoms with E-state index < -0.39 is 0 Å². The van der Waals surface area contributed by atoms with Crippen LogP contribution in [-0.2, 0) is 7.05 Å². The second-order valence-electron chi connectivity index (χ2n) is 3.84. The number of benzene rings is 1. The van der Waals surface area contributed by atoms with E-state index in [2.05, 4.69) is 0 Å². The number of rotatable bonds is 0. The quantitative estimate of drug-likeness (QED) is 0.669. The molecular weight excluding hydrogens is 202 g/mol. The Morgan fingerprint density at radius 1 is 1.31 bits per heavy atom. The molecule has 3 heteroatoms. The molecule has 1 aromatic heterocycles. The minimum absolute atomic E-state index is 0.00958. The Morgan fingerprint density at radius 3 is 3.00 bits per heavy atom. The lowest BCUT2D eigenvalue weighted by Gasteiger charge is -2.16. The van der Waals surface area contributed by atoms with Crippen LogP contribution in [0, 0.1) is 0 Å². The van der Waals surface area contributed by atoms with E-state index in [0.717, 1.165) is 10.9 Å². The van der Waals surface area contributed by atoms with Gasteiger partial charge < -0.3 is 9.30 Å².